The molecule has 4 rings (SSSR count). The fourth-order valence-electron chi connectivity index (χ4n) is 3.91. The van der Waals surface area contributed by atoms with E-state index in [9.17, 15) is 32.9 Å². The van der Waals surface area contributed by atoms with Gasteiger partial charge in [-0.1, -0.05) is 18.2 Å². The molecule has 1 atom stereocenters. The van der Waals surface area contributed by atoms with Crippen LogP contribution in [0, 0.1) is 16.0 Å². The number of ketones is 1. The Labute approximate surface area is 185 Å². The molecule has 1 saturated heterocycles. The van der Waals surface area contributed by atoms with Crippen LogP contribution >= 0.6 is 0 Å². The van der Waals surface area contributed by atoms with E-state index in [0.717, 1.165) is 6.07 Å². The van der Waals surface area contributed by atoms with Crippen molar-refractivity contribution in [2.24, 2.45) is 5.92 Å². The van der Waals surface area contributed by atoms with Crippen LogP contribution in [0.15, 0.2) is 72.8 Å². The summed E-state index contributed by atoms with van der Waals surface area (Å²) in [5, 5.41) is 11.4. The topological polar surface area (TPSA) is 89.7 Å². The molecule has 1 fully saturated rings. The summed E-state index contributed by atoms with van der Waals surface area (Å²) in [6, 6.07) is 10.6. The summed E-state index contributed by atoms with van der Waals surface area (Å²) in [6.45, 7) is -0.210. The largest absolute Gasteiger partial charge is 0.416 e. The molecule has 0 aromatic heterocycles. The van der Waals surface area contributed by atoms with Crippen LogP contribution in [0.4, 0.5) is 24.5 Å². The Balaban J connectivity index is 1.72. The van der Waals surface area contributed by atoms with E-state index in [2.05, 4.69) is 0 Å². The molecule has 1 aliphatic carbocycles. The summed E-state index contributed by atoms with van der Waals surface area (Å²) in [5.41, 5.74) is -2.71. The molecular weight excluding hydrogens is 441 g/mol. The summed E-state index contributed by atoms with van der Waals surface area (Å²) in [4.78, 5) is 37.1. The van der Waals surface area contributed by atoms with E-state index in [1.165, 1.54) is 29.2 Å². The van der Waals surface area contributed by atoms with E-state index in [0.29, 0.717) is 17.8 Å². The molecule has 2 aromatic rings. The van der Waals surface area contributed by atoms with Crippen LogP contribution in [0.3, 0.4) is 0 Å². The number of ether oxygens (including phenoxy) is 1. The highest BCUT2D eigenvalue weighted by Gasteiger charge is 2.47. The first-order valence-corrected chi connectivity index (χ1v) is 9.91. The summed E-state index contributed by atoms with van der Waals surface area (Å²) in [7, 11) is 0. The minimum Gasteiger partial charge on any atom is -0.347 e. The number of nitro groups is 1. The minimum absolute atomic E-state index is 0.210. The Hall–Kier alpha value is -3.79. The van der Waals surface area contributed by atoms with Crippen molar-refractivity contribution in [1.82, 2.24) is 0 Å². The Morgan fingerprint density at radius 1 is 1.09 bits per heavy atom. The number of nitro benzene ring substituents is 1. The highest BCUT2D eigenvalue weighted by atomic mass is 19.4. The molecule has 1 heterocycles. The van der Waals surface area contributed by atoms with Gasteiger partial charge in [0.2, 0.25) is 5.91 Å². The van der Waals surface area contributed by atoms with Crippen molar-refractivity contribution in [2.75, 3.05) is 11.5 Å². The molecule has 33 heavy (non-hydrogen) atoms. The Morgan fingerprint density at radius 2 is 1.76 bits per heavy atom. The molecule has 1 amide bonds. The maximum atomic E-state index is 13.5. The number of hydrogen-bond acceptors (Lipinski definition) is 5. The van der Waals surface area contributed by atoms with Gasteiger partial charge in [-0.3, -0.25) is 24.6 Å². The second kappa shape index (κ2) is 8.28. The van der Waals surface area contributed by atoms with Crippen molar-refractivity contribution < 1.29 is 32.4 Å². The predicted octanol–water partition coefficient (Wildman–Crippen LogP) is 4.23. The zero-order valence-corrected chi connectivity index (χ0v) is 17.0. The number of anilines is 1. The third kappa shape index (κ3) is 4.29. The van der Waals surface area contributed by atoms with Crippen LogP contribution in [-0.4, -0.2) is 28.9 Å². The van der Waals surface area contributed by atoms with Crippen molar-refractivity contribution in [3.05, 3.63) is 94.1 Å². The van der Waals surface area contributed by atoms with Gasteiger partial charge in [0.15, 0.2) is 11.5 Å². The van der Waals surface area contributed by atoms with Crippen LogP contribution in [0.25, 0.3) is 0 Å². The molecule has 0 saturated carbocycles. The standard InChI is InChI=1S/C23H17F3N2O5/c24-23(25,26)17-6-7-20(28(31)32)15(13-17)12-16-14-33-22(10-8-19(29)9-11-22)27(21(16)30)18-4-2-1-3-5-18/h1-11,13,16H,12,14H2. The molecule has 10 heteroatoms. The smallest absolute Gasteiger partial charge is 0.347 e. The number of alkyl halides is 3. The van der Waals surface area contributed by atoms with Gasteiger partial charge in [0.1, 0.15) is 0 Å². The van der Waals surface area contributed by atoms with Crippen LogP contribution in [-0.2, 0) is 26.9 Å². The van der Waals surface area contributed by atoms with Gasteiger partial charge in [-0.2, -0.15) is 13.2 Å². The Morgan fingerprint density at radius 3 is 2.36 bits per heavy atom. The minimum atomic E-state index is -4.69. The zero-order valence-electron chi connectivity index (χ0n) is 17.0. The lowest BCUT2D eigenvalue weighted by Gasteiger charge is -2.46. The molecule has 0 N–H and O–H groups in total. The Kier molecular flexibility index (Phi) is 5.62. The number of amides is 1. The quantitative estimate of drug-likeness (QED) is 0.505. The van der Waals surface area contributed by atoms with Crippen molar-refractivity contribution >= 4 is 23.1 Å². The number of para-hydroxylation sites is 1. The first-order chi connectivity index (χ1) is 15.6. The molecular formula is C23H17F3N2O5. The number of allylic oxidation sites excluding steroid dienone is 2. The van der Waals surface area contributed by atoms with Crippen LogP contribution in [0.2, 0.25) is 0 Å². The van der Waals surface area contributed by atoms with E-state index in [4.69, 9.17) is 4.74 Å². The molecule has 0 bridgehead atoms. The lowest BCUT2D eigenvalue weighted by atomic mass is 9.91. The Bertz CT molecular complexity index is 1160. The normalized spacial score (nSPS) is 19.8. The SMILES string of the molecule is O=C1C=CC2(C=C1)OCC(Cc1cc(C(F)(F)F)ccc1[N+](=O)[O-])C(=O)N2c1ccccc1. The molecule has 1 spiro atoms. The summed E-state index contributed by atoms with van der Waals surface area (Å²) in [6.07, 6.45) is 0.376. The summed E-state index contributed by atoms with van der Waals surface area (Å²) < 4.78 is 45.6. The maximum Gasteiger partial charge on any atom is 0.416 e. The number of halogens is 3. The molecule has 7 nitrogen and oxygen atoms in total. The van der Waals surface area contributed by atoms with E-state index < -0.39 is 39.9 Å². The second-order valence-corrected chi connectivity index (χ2v) is 7.64. The third-order valence-electron chi connectivity index (χ3n) is 5.49. The monoisotopic (exact) mass is 458 g/mol. The fraction of sp³-hybridized carbons (Fsp3) is 0.217. The van der Waals surface area contributed by atoms with Gasteiger partial charge in [-0.25, -0.2) is 0 Å². The number of hydrogen-bond donors (Lipinski definition) is 0. The average Bonchev–Trinajstić information content (AvgIpc) is 2.78. The number of benzene rings is 2. The second-order valence-electron chi connectivity index (χ2n) is 7.64. The number of carbonyl (C=O) groups is 2. The lowest BCUT2D eigenvalue weighted by molar-refractivity contribution is -0.385. The van der Waals surface area contributed by atoms with Gasteiger partial charge in [0.05, 0.1) is 23.0 Å². The lowest BCUT2D eigenvalue weighted by Crippen LogP contribution is -2.60. The third-order valence-corrected chi connectivity index (χ3v) is 5.49. The number of rotatable bonds is 4. The molecule has 2 aromatic carbocycles. The van der Waals surface area contributed by atoms with Gasteiger partial charge in [0.25, 0.3) is 5.69 Å². The van der Waals surface area contributed by atoms with Crippen molar-refractivity contribution in [1.29, 1.82) is 0 Å². The molecule has 0 radical (unpaired) electrons. The first kappa shape index (κ1) is 22.4. The molecule has 1 unspecified atom stereocenters. The molecule has 2 aliphatic rings. The van der Waals surface area contributed by atoms with Crippen LogP contribution in [0.1, 0.15) is 11.1 Å². The van der Waals surface area contributed by atoms with Gasteiger partial charge in [0, 0.05) is 17.3 Å². The molecule has 1 aliphatic heterocycles. The highest BCUT2D eigenvalue weighted by Crippen LogP contribution is 2.38. The van der Waals surface area contributed by atoms with Crippen molar-refractivity contribution in [3.63, 3.8) is 0 Å². The average molecular weight is 458 g/mol. The van der Waals surface area contributed by atoms with E-state index in [-0.39, 0.29) is 24.4 Å². The van der Waals surface area contributed by atoms with Gasteiger partial charge in [-0.15, -0.1) is 0 Å². The van der Waals surface area contributed by atoms with Gasteiger partial charge >= 0.3 is 6.18 Å². The zero-order chi connectivity index (χ0) is 23.8. The fourth-order valence-corrected chi connectivity index (χ4v) is 3.91. The molecule has 170 valence electrons. The number of carbonyl (C=O) groups excluding carboxylic acids is 2. The van der Waals surface area contributed by atoms with E-state index in [1.54, 1.807) is 30.3 Å². The summed E-state index contributed by atoms with van der Waals surface area (Å²) >= 11 is 0. The van der Waals surface area contributed by atoms with Gasteiger partial charge < -0.3 is 4.74 Å². The first-order valence-electron chi connectivity index (χ1n) is 9.91. The van der Waals surface area contributed by atoms with Crippen molar-refractivity contribution in [3.8, 4) is 0 Å². The van der Waals surface area contributed by atoms with E-state index >= 15 is 0 Å². The highest BCUT2D eigenvalue weighted by molar-refractivity contribution is 6.03. The van der Waals surface area contributed by atoms with Crippen molar-refractivity contribution in [2.45, 2.75) is 18.3 Å². The number of nitrogens with zero attached hydrogens (tertiary/aromatic N) is 2. The maximum absolute atomic E-state index is 13.5. The van der Waals surface area contributed by atoms with E-state index in [1.807, 2.05) is 0 Å². The summed E-state index contributed by atoms with van der Waals surface area (Å²) in [5.74, 6) is -1.77. The van der Waals surface area contributed by atoms with Crippen LogP contribution < -0.4 is 4.90 Å². The van der Waals surface area contributed by atoms with Crippen LogP contribution in [0.5, 0.6) is 0 Å². The van der Waals surface area contributed by atoms with Gasteiger partial charge in [-0.05, 0) is 55.0 Å². The predicted molar refractivity (Wildman–Crippen MR) is 111 cm³/mol.